The third-order valence-electron chi connectivity index (χ3n) is 5.56. The fraction of sp³-hybridized carbons (Fsp3) is 0.533. The lowest BCUT2D eigenvalue weighted by Gasteiger charge is -2.11. The van der Waals surface area contributed by atoms with E-state index in [4.69, 9.17) is 5.73 Å². The summed E-state index contributed by atoms with van der Waals surface area (Å²) in [6, 6.07) is 4.62. The molecule has 3 saturated carbocycles. The summed E-state index contributed by atoms with van der Waals surface area (Å²) >= 11 is 0. The number of hydrogen-bond acceptors (Lipinski definition) is 4. The average molecular weight is 287 g/mol. The summed E-state index contributed by atoms with van der Waals surface area (Å²) in [6.07, 6.45) is 3.90. The molecule has 3 aliphatic carbocycles. The van der Waals surface area contributed by atoms with E-state index in [1.54, 1.807) is 6.07 Å². The Kier molecular flexibility index (Phi) is 2.52. The molecule has 110 valence electrons. The zero-order valence-corrected chi connectivity index (χ0v) is 11.5. The maximum Gasteiger partial charge on any atom is 0.292 e. The first-order valence-corrected chi connectivity index (χ1v) is 7.41. The lowest BCUT2D eigenvalue weighted by molar-refractivity contribution is -0.383. The van der Waals surface area contributed by atoms with Gasteiger partial charge in [0.2, 0.25) is 0 Å². The van der Waals surface area contributed by atoms with Crippen LogP contribution in [0.4, 0.5) is 11.4 Å². The Morgan fingerprint density at radius 3 is 2.57 bits per heavy atom. The van der Waals surface area contributed by atoms with Crippen LogP contribution in [-0.2, 0) is 0 Å². The molecule has 0 saturated heterocycles. The van der Waals surface area contributed by atoms with Crippen LogP contribution in [0.3, 0.4) is 0 Å². The summed E-state index contributed by atoms with van der Waals surface area (Å²) in [5.41, 5.74) is 5.71. The van der Waals surface area contributed by atoms with Crippen molar-refractivity contribution in [2.24, 2.45) is 23.7 Å². The van der Waals surface area contributed by atoms with Gasteiger partial charge in [-0.25, -0.2) is 0 Å². The predicted octanol–water partition coefficient (Wildman–Crippen LogP) is 1.95. The summed E-state index contributed by atoms with van der Waals surface area (Å²) in [5.74, 6) is 2.52. The number of carbonyl (C=O) groups excluding carboxylic acids is 1. The number of nitro groups is 1. The molecular weight excluding hydrogens is 270 g/mol. The number of para-hydroxylation sites is 1. The number of fused-ring (bicyclic) bond motifs is 5. The normalized spacial score (nSPS) is 35.3. The van der Waals surface area contributed by atoms with E-state index in [-0.39, 0.29) is 28.9 Å². The maximum atomic E-state index is 12.3. The molecular formula is C15H17N3O3. The molecule has 21 heavy (non-hydrogen) atoms. The first-order chi connectivity index (χ1) is 10.1. The Bertz CT molecular complexity index is 629. The van der Waals surface area contributed by atoms with Crippen molar-refractivity contribution in [3.63, 3.8) is 0 Å². The molecule has 3 aliphatic rings. The molecule has 0 aromatic heterocycles. The molecule has 0 aliphatic heterocycles. The Balaban J connectivity index is 1.52. The van der Waals surface area contributed by atoms with Gasteiger partial charge in [-0.05, 0) is 49.0 Å². The zero-order valence-electron chi connectivity index (χ0n) is 11.5. The van der Waals surface area contributed by atoms with E-state index in [0.717, 1.165) is 11.8 Å². The second kappa shape index (κ2) is 4.19. The number of nitrogen functional groups attached to an aromatic ring is 1. The van der Waals surface area contributed by atoms with Crippen molar-refractivity contribution >= 4 is 17.3 Å². The number of amides is 1. The number of nitrogens with one attached hydrogen (secondary N) is 1. The number of benzene rings is 1. The van der Waals surface area contributed by atoms with Gasteiger partial charge in [0.25, 0.3) is 11.6 Å². The highest BCUT2D eigenvalue weighted by Crippen LogP contribution is 2.65. The molecule has 3 fully saturated rings. The first-order valence-electron chi connectivity index (χ1n) is 7.41. The SMILES string of the molecule is Nc1c(C(=O)NC2C3C4CCC(C4)C23)cccc1[N+](=O)[O-]. The quantitative estimate of drug-likeness (QED) is 0.504. The Morgan fingerprint density at radius 1 is 1.29 bits per heavy atom. The number of hydrogen-bond donors (Lipinski definition) is 2. The van der Waals surface area contributed by atoms with Crippen molar-refractivity contribution < 1.29 is 9.72 Å². The number of anilines is 1. The molecule has 0 heterocycles. The molecule has 6 nitrogen and oxygen atoms in total. The number of nitrogens with two attached hydrogens (primary N) is 1. The van der Waals surface area contributed by atoms with Crippen LogP contribution in [0.1, 0.15) is 29.6 Å². The highest BCUT2D eigenvalue weighted by Gasteiger charge is 2.65. The minimum Gasteiger partial charge on any atom is -0.393 e. The monoisotopic (exact) mass is 287 g/mol. The topological polar surface area (TPSA) is 98.3 Å². The number of nitro benzene ring substituents is 1. The van der Waals surface area contributed by atoms with Crippen LogP contribution in [-0.4, -0.2) is 16.9 Å². The minimum atomic E-state index is -0.557. The van der Waals surface area contributed by atoms with Gasteiger partial charge in [-0.1, -0.05) is 6.07 Å². The first kappa shape index (κ1) is 12.6. The van der Waals surface area contributed by atoms with E-state index in [1.165, 1.54) is 31.4 Å². The molecule has 1 aromatic carbocycles. The van der Waals surface area contributed by atoms with E-state index in [0.29, 0.717) is 11.8 Å². The van der Waals surface area contributed by atoms with E-state index >= 15 is 0 Å². The molecule has 4 atom stereocenters. The van der Waals surface area contributed by atoms with Crippen LogP contribution >= 0.6 is 0 Å². The number of nitrogens with zero attached hydrogens (tertiary/aromatic N) is 1. The lowest BCUT2D eigenvalue weighted by atomic mass is 10.0. The third kappa shape index (κ3) is 1.74. The van der Waals surface area contributed by atoms with Crippen molar-refractivity contribution in [2.75, 3.05) is 5.73 Å². The van der Waals surface area contributed by atoms with E-state index in [2.05, 4.69) is 5.32 Å². The summed E-state index contributed by atoms with van der Waals surface area (Å²) < 4.78 is 0. The Morgan fingerprint density at radius 2 is 1.95 bits per heavy atom. The molecule has 0 spiro atoms. The van der Waals surface area contributed by atoms with Crippen LogP contribution in [0.5, 0.6) is 0 Å². The Hall–Kier alpha value is -2.11. The third-order valence-corrected chi connectivity index (χ3v) is 5.56. The molecule has 1 aromatic rings. The van der Waals surface area contributed by atoms with Gasteiger partial charge >= 0.3 is 0 Å². The molecule has 6 heteroatoms. The minimum absolute atomic E-state index is 0.0474. The van der Waals surface area contributed by atoms with Crippen molar-refractivity contribution in [1.29, 1.82) is 0 Å². The van der Waals surface area contributed by atoms with Crippen molar-refractivity contribution in [3.8, 4) is 0 Å². The predicted molar refractivity (Wildman–Crippen MR) is 76.6 cm³/mol. The fourth-order valence-corrected chi connectivity index (χ4v) is 4.66. The number of rotatable bonds is 3. The van der Waals surface area contributed by atoms with Crippen molar-refractivity contribution in [2.45, 2.75) is 25.3 Å². The standard InChI is InChI=1S/C15H17N3O3/c16-13-9(2-1-3-10(13)18(20)21)15(19)17-14-11-7-4-5-8(6-7)12(11)14/h1-3,7-8,11-12,14H,4-6,16H2,(H,17,19). The van der Waals surface area contributed by atoms with Gasteiger partial charge in [0.15, 0.2) is 0 Å². The largest absolute Gasteiger partial charge is 0.393 e. The van der Waals surface area contributed by atoms with Crippen LogP contribution in [0, 0.1) is 33.8 Å². The van der Waals surface area contributed by atoms with Crippen LogP contribution in [0.15, 0.2) is 18.2 Å². The Labute approximate surface area is 121 Å². The van der Waals surface area contributed by atoms with Crippen LogP contribution in [0.2, 0.25) is 0 Å². The van der Waals surface area contributed by atoms with Gasteiger partial charge in [-0.3, -0.25) is 14.9 Å². The maximum absolute atomic E-state index is 12.3. The summed E-state index contributed by atoms with van der Waals surface area (Å²) in [7, 11) is 0. The van der Waals surface area contributed by atoms with E-state index < -0.39 is 4.92 Å². The molecule has 4 unspecified atom stereocenters. The van der Waals surface area contributed by atoms with Gasteiger partial charge in [0.05, 0.1) is 10.5 Å². The molecule has 4 rings (SSSR count). The zero-order chi connectivity index (χ0) is 14.7. The highest BCUT2D eigenvalue weighted by atomic mass is 16.6. The van der Waals surface area contributed by atoms with E-state index in [9.17, 15) is 14.9 Å². The number of carbonyl (C=O) groups is 1. The fourth-order valence-electron chi connectivity index (χ4n) is 4.66. The van der Waals surface area contributed by atoms with Crippen LogP contribution in [0.25, 0.3) is 0 Å². The van der Waals surface area contributed by atoms with Gasteiger partial charge in [-0.2, -0.15) is 0 Å². The van der Waals surface area contributed by atoms with Gasteiger partial charge < -0.3 is 11.1 Å². The average Bonchev–Trinajstić information content (AvgIpc) is 2.83. The van der Waals surface area contributed by atoms with Crippen molar-refractivity contribution in [1.82, 2.24) is 5.32 Å². The van der Waals surface area contributed by atoms with Crippen LogP contribution < -0.4 is 11.1 Å². The van der Waals surface area contributed by atoms with Gasteiger partial charge in [0, 0.05) is 12.1 Å². The summed E-state index contributed by atoms with van der Waals surface area (Å²) in [5, 5.41) is 13.9. The van der Waals surface area contributed by atoms with Gasteiger partial charge in [0.1, 0.15) is 5.69 Å². The summed E-state index contributed by atoms with van der Waals surface area (Å²) in [6.45, 7) is 0. The summed E-state index contributed by atoms with van der Waals surface area (Å²) in [4.78, 5) is 22.7. The highest BCUT2D eigenvalue weighted by molar-refractivity contribution is 6.01. The second-order valence-corrected chi connectivity index (χ2v) is 6.48. The smallest absolute Gasteiger partial charge is 0.292 e. The second-order valence-electron chi connectivity index (χ2n) is 6.48. The lowest BCUT2D eigenvalue weighted by Crippen LogP contribution is -2.30. The van der Waals surface area contributed by atoms with Crippen molar-refractivity contribution in [3.05, 3.63) is 33.9 Å². The molecule has 2 bridgehead atoms. The molecule has 1 amide bonds. The van der Waals surface area contributed by atoms with Gasteiger partial charge in [-0.15, -0.1) is 0 Å². The molecule has 3 N–H and O–H groups in total. The molecule has 0 radical (unpaired) electrons. The van der Waals surface area contributed by atoms with E-state index in [1.807, 2.05) is 0 Å².